The average molecular weight is 639 g/mol. The molecule has 1 N–H and O–H groups in total. The molecule has 2 aliphatic heterocycles. The number of nitrogens with zero attached hydrogens (tertiary/aromatic N) is 2. The van der Waals surface area contributed by atoms with Gasteiger partial charge in [0.1, 0.15) is 5.75 Å². The Morgan fingerprint density at radius 2 is 1.61 bits per heavy atom. The second-order valence-corrected chi connectivity index (χ2v) is 13.0. The van der Waals surface area contributed by atoms with Gasteiger partial charge in [-0.3, -0.25) is 9.69 Å². The number of aromatic carboxylic acids is 1. The summed E-state index contributed by atoms with van der Waals surface area (Å²) in [5, 5.41) is 9.32. The molecule has 2 heterocycles. The first-order valence-corrected chi connectivity index (χ1v) is 15.8. The van der Waals surface area contributed by atoms with E-state index in [9.17, 15) is 27.9 Å². The molecule has 2 saturated heterocycles. The maximum Gasteiger partial charge on any atom is 0.416 e. The Morgan fingerprint density at radius 3 is 2.22 bits per heavy atom. The van der Waals surface area contributed by atoms with Crippen molar-refractivity contribution >= 4 is 11.9 Å². The highest BCUT2D eigenvalue weighted by molar-refractivity contribution is 5.89. The van der Waals surface area contributed by atoms with Crippen molar-refractivity contribution in [1.29, 1.82) is 0 Å². The van der Waals surface area contributed by atoms with Crippen LogP contribution in [0.2, 0.25) is 0 Å². The van der Waals surface area contributed by atoms with E-state index in [-0.39, 0.29) is 43.1 Å². The third kappa shape index (κ3) is 5.99. The van der Waals surface area contributed by atoms with Crippen molar-refractivity contribution in [3.8, 4) is 16.9 Å². The molecule has 1 saturated carbocycles. The molecule has 3 aromatic rings. The molecule has 1 aliphatic carbocycles. The number of hydrogen-bond donors (Lipinski definition) is 1. The van der Waals surface area contributed by atoms with Crippen molar-refractivity contribution in [2.45, 2.75) is 62.3 Å². The summed E-state index contributed by atoms with van der Waals surface area (Å²) < 4.78 is 64.1. The van der Waals surface area contributed by atoms with E-state index in [0.717, 1.165) is 43.4 Å². The predicted molar refractivity (Wildman–Crippen MR) is 166 cm³/mol. The highest BCUT2D eigenvalue weighted by Gasteiger charge is 2.57. The highest BCUT2D eigenvalue weighted by atomic mass is 19.4. The quantitative estimate of drug-likeness (QED) is 0.274. The predicted octanol–water partition coefficient (Wildman–Crippen LogP) is 7.39. The summed E-state index contributed by atoms with van der Waals surface area (Å²) in [6.45, 7) is 2.80. The molecule has 0 bridgehead atoms. The van der Waals surface area contributed by atoms with E-state index in [1.54, 1.807) is 24.1 Å². The van der Waals surface area contributed by atoms with Gasteiger partial charge in [0.15, 0.2) is 0 Å². The Balaban J connectivity index is 1.32. The summed E-state index contributed by atoms with van der Waals surface area (Å²) in [6.07, 6.45) is -0.454. The number of likely N-dealkylation sites (tertiary alicyclic amines) is 2. The Bertz CT molecular complexity index is 1590. The number of rotatable bonds is 7. The minimum Gasteiger partial charge on any atom is -0.497 e. The Morgan fingerprint density at radius 1 is 0.935 bits per heavy atom. The molecule has 1 amide bonds. The standard InChI is InChI=1S/C36H38F4N2O4/c1-22-18-41(19-31(22)29-16-13-26(36(38,39)40)17-30(29)23-7-9-25(10-8-23)33(43)44)34(45)35(37)21-42(27-5-3-4-6-27)20-32(35)24-11-14-28(46-2)15-12-24/h7-17,22,27,31-32H,3-6,18-21H2,1-2H3,(H,43,44)/t22?,31-,32-,35-/m0/s1. The number of carboxylic acids is 1. The largest absolute Gasteiger partial charge is 0.497 e. The lowest BCUT2D eigenvalue weighted by atomic mass is 9.84. The summed E-state index contributed by atoms with van der Waals surface area (Å²) in [7, 11) is 1.56. The van der Waals surface area contributed by atoms with Crippen LogP contribution in [0.4, 0.5) is 17.6 Å². The first kappa shape index (κ1) is 32.0. The molecular weight excluding hydrogens is 600 g/mol. The molecule has 3 fully saturated rings. The molecule has 6 nitrogen and oxygen atoms in total. The van der Waals surface area contributed by atoms with Crippen LogP contribution < -0.4 is 4.74 Å². The van der Waals surface area contributed by atoms with Gasteiger partial charge in [0.2, 0.25) is 5.67 Å². The topological polar surface area (TPSA) is 70.1 Å². The van der Waals surface area contributed by atoms with Gasteiger partial charge in [-0.1, -0.05) is 50.1 Å². The molecule has 46 heavy (non-hydrogen) atoms. The van der Waals surface area contributed by atoms with Crippen molar-refractivity contribution in [2.75, 3.05) is 33.3 Å². The van der Waals surface area contributed by atoms with Gasteiger partial charge in [0.05, 0.1) is 18.2 Å². The van der Waals surface area contributed by atoms with Crippen LogP contribution in [0.3, 0.4) is 0 Å². The molecule has 244 valence electrons. The molecule has 3 aromatic carbocycles. The van der Waals surface area contributed by atoms with Crippen molar-refractivity contribution in [1.82, 2.24) is 9.80 Å². The molecular formula is C36H38F4N2O4. The van der Waals surface area contributed by atoms with E-state index in [2.05, 4.69) is 4.90 Å². The lowest BCUT2D eigenvalue weighted by Crippen LogP contribution is -2.50. The monoisotopic (exact) mass is 638 g/mol. The summed E-state index contributed by atoms with van der Waals surface area (Å²) in [5.41, 5.74) is -0.874. The number of alkyl halides is 4. The second-order valence-electron chi connectivity index (χ2n) is 13.0. The molecule has 3 aliphatic rings. The number of methoxy groups -OCH3 is 1. The third-order valence-electron chi connectivity index (χ3n) is 10.2. The van der Waals surface area contributed by atoms with E-state index in [1.807, 2.05) is 19.1 Å². The van der Waals surface area contributed by atoms with E-state index < -0.39 is 35.2 Å². The fourth-order valence-electron chi connectivity index (χ4n) is 7.72. The smallest absolute Gasteiger partial charge is 0.416 e. The van der Waals surface area contributed by atoms with Crippen LogP contribution in [0.1, 0.15) is 71.5 Å². The van der Waals surface area contributed by atoms with Crippen LogP contribution >= 0.6 is 0 Å². The number of carbonyl (C=O) groups excluding carboxylic acids is 1. The molecule has 0 radical (unpaired) electrons. The average Bonchev–Trinajstić information content (AvgIpc) is 3.80. The number of ether oxygens (including phenoxy) is 1. The SMILES string of the molecule is COc1ccc([C@@H]2CN(C3CCCC3)C[C@@]2(F)C(=O)N2CC(C)[C@@H](c3ccc(C(F)(F)F)cc3-c3ccc(C(=O)O)cc3)C2)cc1. The number of halogens is 4. The van der Waals surface area contributed by atoms with Crippen molar-refractivity contribution in [2.24, 2.45) is 5.92 Å². The number of carboxylic acid groups (broad SMARTS) is 1. The minimum atomic E-state index is -4.58. The van der Waals surface area contributed by atoms with Crippen molar-refractivity contribution in [3.63, 3.8) is 0 Å². The second kappa shape index (κ2) is 12.4. The van der Waals surface area contributed by atoms with E-state index in [0.29, 0.717) is 29.0 Å². The van der Waals surface area contributed by atoms with Crippen molar-refractivity contribution in [3.05, 3.63) is 89.0 Å². The van der Waals surface area contributed by atoms with E-state index >= 15 is 4.39 Å². The molecule has 4 atom stereocenters. The zero-order chi connectivity index (χ0) is 32.8. The molecule has 0 aromatic heterocycles. The summed E-state index contributed by atoms with van der Waals surface area (Å²) in [6, 6.07) is 16.7. The maximum atomic E-state index is 17.4. The third-order valence-corrected chi connectivity index (χ3v) is 10.2. The molecule has 1 unspecified atom stereocenters. The van der Waals surface area contributed by atoms with Crippen LogP contribution in [-0.2, 0) is 11.0 Å². The lowest BCUT2D eigenvalue weighted by molar-refractivity contribution is -0.143. The zero-order valence-electron chi connectivity index (χ0n) is 25.9. The molecule has 10 heteroatoms. The van der Waals surface area contributed by atoms with E-state index in [1.165, 1.54) is 30.3 Å². The van der Waals surface area contributed by atoms with Gasteiger partial charge in [-0.05, 0) is 77.4 Å². The lowest BCUT2D eigenvalue weighted by Gasteiger charge is -2.31. The summed E-state index contributed by atoms with van der Waals surface area (Å²) >= 11 is 0. The van der Waals surface area contributed by atoms with Crippen LogP contribution in [0.5, 0.6) is 5.75 Å². The van der Waals surface area contributed by atoms with E-state index in [4.69, 9.17) is 4.74 Å². The van der Waals surface area contributed by atoms with Crippen LogP contribution in [0.15, 0.2) is 66.7 Å². The first-order chi connectivity index (χ1) is 21.9. The van der Waals surface area contributed by atoms with Crippen LogP contribution in [-0.4, -0.2) is 71.8 Å². The Labute approximate surface area is 266 Å². The van der Waals surface area contributed by atoms with Gasteiger partial charge in [-0.15, -0.1) is 0 Å². The number of carbonyl (C=O) groups is 2. The summed E-state index contributed by atoms with van der Waals surface area (Å²) in [5.74, 6) is -2.26. The van der Waals surface area contributed by atoms with Gasteiger partial charge in [0.25, 0.3) is 5.91 Å². The zero-order valence-corrected chi connectivity index (χ0v) is 25.9. The van der Waals surface area contributed by atoms with Gasteiger partial charge < -0.3 is 14.7 Å². The van der Waals surface area contributed by atoms with Gasteiger partial charge in [-0.25, -0.2) is 9.18 Å². The number of hydrogen-bond acceptors (Lipinski definition) is 4. The van der Waals surface area contributed by atoms with Gasteiger partial charge in [-0.2, -0.15) is 13.2 Å². The number of benzene rings is 3. The minimum absolute atomic E-state index is 0.00417. The fraction of sp³-hybridized carbons (Fsp3) is 0.444. The fourth-order valence-corrected chi connectivity index (χ4v) is 7.72. The highest BCUT2D eigenvalue weighted by Crippen LogP contribution is 2.46. The summed E-state index contributed by atoms with van der Waals surface area (Å²) in [4.78, 5) is 29.4. The maximum absolute atomic E-state index is 17.4. The molecule has 0 spiro atoms. The van der Waals surface area contributed by atoms with Crippen molar-refractivity contribution < 1.29 is 37.0 Å². The van der Waals surface area contributed by atoms with Crippen LogP contribution in [0.25, 0.3) is 11.1 Å². The Hall–Kier alpha value is -3.92. The Kier molecular flexibility index (Phi) is 8.61. The van der Waals surface area contributed by atoms with Gasteiger partial charge in [0, 0.05) is 44.1 Å². The van der Waals surface area contributed by atoms with Crippen LogP contribution in [0, 0.1) is 5.92 Å². The molecule has 6 rings (SSSR count). The first-order valence-electron chi connectivity index (χ1n) is 15.8. The number of amides is 1. The normalized spacial score (nSPS) is 25.7. The van der Waals surface area contributed by atoms with Gasteiger partial charge >= 0.3 is 12.1 Å².